The number of hydrogen-bond donors (Lipinski definition) is 2. The number of halogens is 21. The minimum atomic E-state index is -6.51. The summed E-state index contributed by atoms with van der Waals surface area (Å²) in [6.45, 7) is -7.31. The quantitative estimate of drug-likeness (QED) is 0.0553. The smallest absolute Gasteiger partial charge is 0.435 e. The van der Waals surface area contributed by atoms with Crippen molar-refractivity contribution in [2.24, 2.45) is 0 Å². The van der Waals surface area contributed by atoms with Gasteiger partial charge in [-0.15, -0.1) is 0 Å². The van der Waals surface area contributed by atoms with Crippen LogP contribution in [0.3, 0.4) is 0 Å². The molecule has 3 heterocycles. The van der Waals surface area contributed by atoms with Crippen LogP contribution in [0.5, 0.6) is 11.5 Å². The fourth-order valence-electron chi connectivity index (χ4n) is 7.06. The van der Waals surface area contributed by atoms with Crippen LogP contribution in [0, 0.1) is 0 Å². The second kappa shape index (κ2) is 25.6. The number of nitrogens with zero attached hydrogens (tertiary/aromatic N) is 3. The maximum Gasteiger partial charge on any atom is 0.435 e. The molecule has 5 aromatic carbocycles. The second-order valence-electron chi connectivity index (χ2n) is 16.3. The Bertz CT molecular complexity index is 3510. The van der Waals surface area contributed by atoms with E-state index in [1.54, 1.807) is 67.0 Å². The number of alkyl halides is 18. The summed E-state index contributed by atoms with van der Waals surface area (Å²) in [4.78, 5) is 46.4. The maximum atomic E-state index is 14.4. The standard InChI is InChI=1S/C21H11ClF9NO2.C10H5BrF9NO.C10H6ClNO.C10H7NO2/c22-14-7-12(19(25,20(26,27)28)21(29,30)31)8-17(34-18(23)24)13(14)9-16(33)11-3-4-15-10(6-11)2-1-5-32-15;11-4-1-3(2-5(6(4)21)22-7(12)13)8(14,9(15,16)17)10(18,19)20;11-10(13)8-3-4-9-7(6-8)2-1-5-12-9;12-10(13)8-3-4-9-7(6-8)2-1-5-11-9/h1-8,18H,9H2;1-2,7H,21H2;1-6H;1-6H,(H,12,13). The summed E-state index contributed by atoms with van der Waals surface area (Å²) in [6.07, 6.45) is -21.7. The Morgan fingerprint density at radius 2 is 0.902 bits per heavy atom. The predicted octanol–water partition coefficient (Wildman–Crippen LogP) is 16.7. The Labute approximate surface area is 465 Å². The molecule has 0 fully saturated rings. The van der Waals surface area contributed by atoms with E-state index >= 15 is 0 Å². The van der Waals surface area contributed by atoms with Crippen molar-refractivity contribution >= 4 is 94.5 Å². The molecular formula is C51H29BrCl2F18N4O6. The summed E-state index contributed by atoms with van der Waals surface area (Å²) in [6, 6.07) is 24.5. The molecule has 3 N–H and O–H groups in total. The minimum Gasteiger partial charge on any atom is -0.478 e. The highest BCUT2D eigenvalue weighted by Gasteiger charge is 2.74. The Balaban J connectivity index is 0.000000218. The topological polar surface area (TPSA) is 155 Å². The lowest BCUT2D eigenvalue weighted by Gasteiger charge is -2.31. The number of Topliss-reactive ketones (excluding diaryl/α,β-unsaturated/α-hetero) is 1. The molecule has 82 heavy (non-hydrogen) atoms. The first-order valence-electron chi connectivity index (χ1n) is 21.9. The van der Waals surface area contributed by atoms with Gasteiger partial charge in [0.1, 0.15) is 5.75 Å². The van der Waals surface area contributed by atoms with E-state index in [0.717, 1.165) is 21.8 Å². The number of carboxylic acids is 1. The zero-order valence-corrected chi connectivity index (χ0v) is 43.0. The van der Waals surface area contributed by atoms with E-state index in [4.69, 9.17) is 34.0 Å². The number of aromatic nitrogens is 3. The predicted molar refractivity (Wildman–Crippen MR) is 263 cm³/mol. The van der Waals surface area contributed by atoms with E-state index in [9.17, 15) is 93.4 Å². The fraction of sp³-hybridized carbons (Fsp3) is 0.176. The molecule has 0 aliphatic heterocycles. The van der Waals surface area contributed by atoms with Gasteiger partial charge in [-0.2, -0.15) is 70.2 Å². The summed E-state index contributed by atoms with van der Waals surface area (Å²) in [5.41, 5.74) is -9.01. The van der Waals surface area contributed by atoms with Crippen molar-refractivity contribution < 1.29 is 108 Å². The van der Waals surface area contributed by atoms with Crippen LogP contribution >= 0.6 is 39.1 Å². The van der Waals surface area contributed by atoms with E-state index in [-0.39, 0.29) is 29.8 Å². The largest absolute Gasteiger partial charge is 0.478 e. The molecule has 0 atom stereocenters. The third kappa shape index (κ3) is 15.1. The average Bonchev–Trinajstić information content (AvgIpc) is 3.41. The number of nitrogen functional groups attached to an aromatic ring is 1. The van der Waals surface area contributed by atoms with Gasteiger partial charge in [-0.25, -0.2) is 13.6 Å². The number of fused-ring (bicyclic) bond motifs is 3. The summed E-state index contributed by atoms with van der Waals surface area (Å²) < 4.78 is 239. The van der Waals surface area contributed by atoms with Gasteiger partial charge in [0, 0.05) is 78.5 Å². The molecule has 0 saturated carbocycles. The molecule has 0 saturated heterocycles. The molecule has 10 nitrogen and oxygen atoms in total. The fourth-order valence-corrected chi connectivity index (χ4v) is 7.90. The Morgan fingerprint density at radius 1 is 0.537 bits per heavy atom. The number of benzene rings is 5. The Hall–Kier alpha value is -7.66. The zero-order valence-electron chi connectivity index (χ0n) is 39.9. The molecule has 0 aliphatic rings. The third-order valence-electron chi connectivity index (χ3n) is 11.0. The highest BCUT2D eigenvalue weighted by Crippen LogP contribution is 2.56. The van der Waals surface area contributed by atoms with Gasteiger partial charge in [0.25, 0.3) is 5.24 Å². The average molecular weight is 1290 g/mol. The number of ether oxygens (including phenoxy) is 2. The van der Waals surface area contributed by atoms with Crippen LogP contribution < -0.4 is 15.2 Å². The molecule has 3 aromatic heterocycles. The number of carbonyl (C=O) groups is 3. The number of ketones is 1. The van der Waals surface area contributed by atoms with Crippen LogP contribution in [-0.2, 0) is 17.8 Å². The lowest BCUT2D eigenvalue weighted by Crippen LogP contribution is -2.50. The maximum absolute atomic E-state index is 14.4. The van der Waals surface area contributed by atoms with E-state index < -0.39 is 116 Å². The van der Waals surface area contributed by atoms with Gasteiger partial charge in [-0.1, -0.05) is 29.8 Å². The molecule has 0 spiro atoms. The third-order valence-corrected chi connectivity index (χ3v) is 12.2. The first-order valence-corrected chi connectivity index (χ1v) is 23.4. The van der Waals surface area contributed by atoms with Crippen LogP contribution in [0.1, 0.15) is 47.8 Å². The molecule has 0 amide bonds. The van der Waals surface area contributed by atoms with Gasteiger partial charge in [0.05, 0.1) is 27.8 Å². The van der Waals surface area contributed by atoms with E-state index in [1.165, 1.54) is 24.4 Å². The second-order valence-corrected chi connectivity index (χ2v) is 17.9. The summed E-state index contributed by atoms with van der Waals surface area (Å²) >= 11 is 13.6. The zero-order chi connectivity index (χ0) is 61.5. The van der Waals surface area contributed by atoms with Gasteiger partial charge >= 0.3 is 55.2 Å². The van der Waals surface area contributed by atoms with Crippen LogP contribution in [0.4, 0.5) is 84.7 Å². The normalized spacial score (nSPS) is 12.2. The highest BCUT2D eigenvalue weighted by molar-refractivity contribution is 9.10. The molecule has 0 aliphatic carbocycles. The first kappa shape index (κ1) is 65.2. The molecule has 8 rings (SSSR count). The molecule has 0 radical (unpaired) electrons. The number of carbonyl (C=O) groups excluding carboxylic acids is 2. The van der Waals surface area contributed by atoms with Gasteiger partial charge < -0.3 is 20.3 Å². The van der Waals surface area contributed by atoms with E-state index in [1.807, 2.05) is 18.2 Å². The number of rotatable bonds is 11. The molecule has 436 valence electrons. The lowest BCUT2D eigenvalue weighted by molar-refractivity contribution is -0.349. The highest BCUT2D eigenvalue weighted by atomic mass is 79.9. The van der Waals surface area contributed by atoms with Crippen molar-refractivity contribution in [2.75, 3.05) is 5.73 Å². The molecule has 0 bridgehead atoms. The molecule has 8 aromatic rings. The van der Waals surface area contributed by atoms with E-state index in [2.05, 4.69) is 40.4 Å². The lowest BCUT2D eigenvalue weighted by atomic mass is 9.91. The number of aromatic carboxylic acids is 1. The molecular weight excluding hydrogens is 1260 g/mol. The Kier molecular flexibility index (Phi) is 20.4. The molecule has 0 unspecified atom stereocenters. The summed E-state index contributed by atoms with van der Waals surface area (Å²) in [5, 5.41) is 9.58. The SMILES string of the molecule is Nc1c(Br)cc(C(F)(C(F)(F)F)C(F)(F)F)cc1OC(F)F.O=C(Cc1c(Cl)cc(C(F)(C(F)(F)F)C(F)(F)F)cc1OC(F)F)c1ccc2ncccc2c1.O=C(Cl)c1ccc2ncccc2c1.O=C(O)c1ccc2ncccc2c1. The first-order chi connectivity index (χ1) is 37.9. The number of anilines is 1. The number of carboxylic acid groups (broad SMARTS) is 1. The van der Waals surface area contributed by atoms with Crippen molar-refractivity contribution in [3.63, 3.8) is 0 Å². The monoisotopic (exact) mass is 1280 g/mol. The number of hydrogen-bond acceptors (Lipinski definition) is 9. The number of pyridine rings is 3. The van der Waals surface area contributed by atoms with Crippen LogP contribution in [0.15, 0.2) is 138 Å². The Morgan fingerprint density at radius 3 is 1.30 bits per heavy atom. The van der Waals surface area contributed by atoms with Crippen LogP contribution in [0.2, 0.25) is 5.02 Å². The van der Waals surface area contributed by atoms with Crippen molar-refractivity contribution in [3.8, 4) is 11.5 Å². The van der Waals surface area contributed by atoms with Gasteiger partial charge in [-0.3, -0.25) is 24.5 Å². The summed E-state index contributed by atoms with van der Waals surface area (Å²) in [5.74, 6) is -4.22. The van der Waals surface area contributed by atoms with Crippen molar-refractivity contribution in [1.82, 2.24) is 15.0 Å². The number of nitrogens with two attached hydrogens (primary N) is 1. The van der Waals surface area contributed by atoms with Gasteiger partial charge in [0.2, 0.25) is 0 Å². The van der Waals surface area contributed by atoms with Gasteiger partial charge in [0.15, 0.2) is 11.5 Å². The van der Waals surface area contributed by atoms with Crippen molar-refractivity contribution in [2.45, 2.75) is 55.7 Å². The van der Waals surface area contributed by atoms with Crippen LogP contribution in [0.25, 0.3) is 32.7 Å². The van der Waals surface area contributed by atoms with Gasteiger partial charge in [-0.05, 0) is 125 Å². The summed E-state index contributed by atoms with van der Waals surface area (Å²) in [7, 11) is 0. The molecule has 31 heteroatoms. The van der Waals surface area contributed by atoms with Crippen molar-refractivity contribution in [3.05, 3.63) is 177 Å². The minimum absolute atomic E-state index is 0.0200. The van der Waals surface area contributed by atoms with E-state index in [0.29, 0.717) is 22.0 Å². The van der Waals surface area contributed by atoms with Crippen molar-refractivity contribution in [1.29, 1.82) is 0 Å². The van der Waals surface area contributed by atoms with Crippen LogP contribution in [-0.4, -0.2) is 75.0 Å².